The van der Waals surface area contributed by atoms with Crippen molar-refractivity contribution in [2.75, 3.05) is 0 Å². The Labute approximate surface area is 111 Å². The summed E-state index contributed by atoms with van der Waals surface area (Å²) in [6.45, 7) is 12.3. The van der Waals surface area contributed by atoms with Gasteiger partial charge in [-0.25, -0.2) is 0 Å². The first kappa shape index (κ1) is 14.8. The second-order valence-electron chi connectivity index (χ2n) is 6.16. The van der Waals surface area contributed by atoms with E-state index >= 15 is 0 Å². The van der Waals surface area contributed by atoms with Crippen LogP contribution in [0.3, 0.4) is 0 Å². The fourth-order valence-electron chi connectivity index (χ4n) is 1.69. The molecule has 1 aromatic rings. The normalized spacial score (nSPS) is 13.6. The minimum atomic E-state index is -0.464. The second-order valence-corrected chi connectivity index (χ2v) is 6.16. The van der Waals surface area contributed by atoms with Gasteiger partial charge in [-0.15, -0.1) is 0 Å². The van der Waals surface area contributed by atoms with Crippen LogP contribution in [-0.2, 0) is 15.4 Å². The Balaban J connectivity index is 2.66. The summed E-state index contributed by atoms with van der Waals surface area (Å²) in [4.78, 5) is 11.0. The first-order valence-electron chi connectivity index (χ1n) is 6.31. The van der Waals surface area contributed by atoms with Gasteiger partial charge in [0.15, 0.2) is 0 Å². The molecule has 0 spiro atoms. The molecular weight excluding hydrogens is 224 g/mol. The van der Waals surface area contributed by atoms with Gasteiger partial charge in [0.05, 0.1) is 0 Å². The predicted molar refractivity (Wildman–Crippen MR) is 74.9 cm³/mol. The molecule has 0 bridgehead atoms. The van der Waals surface area contributed by atoms with Crippen LogP contribution in [0, 0.1) is 5.41 Å². The van der Waals surface area contributed by atoms with Crippen molar-refractivity contribution in [1.82, 2.24) is 0 Å². The first-order chi connectivity index (χ1) is 8.21. The van der Waals surface area contributed by atoms with Crippen molar-refractivity contribution in [1.29, 1.82) is 0 Å². The molecule has 100 valence electrons. The Hall–Kier alpha value is -1.28. The Morgan fingerprint density at radius 3 is 2.06 bits per heavy atom. The van der Waals surface area contributed by atoms with Gasteiger partial charge in [0.25, 0.3) is 0 Å². The molecule has 18 heavy (non-hydrogen) atoms. The van der Waals surface area contributed by atoms with Crippen molar-refractivity contribution in [3.8, 4) is 0 Å². The SMILES string of the molecule is CC(=CC(C)(C)C)OOC(C)(C)c1ccccc1. The third-order valence-electron chi connectivity index (χ3n) is 2.49. The summed E-state index contributed by atoms with van der Waals surface area (Å²) in [5.41, 5.74) is 0.715. The highest BCUT2D eigenvalue weighted by Crippen LogP contribution is 2.26. The molecule has 0 heterocycles. The van der Waals surface area contributed by atoms with Crippen LogP contribution in [0.25, 0.3) is 0 Å². The van der Waals surface area contributed by atoms with Gasteiger partial charge in [0, 0.05) is 0 Å². The Bertz CT molecular complexity index is 397. The van der Waals surface area contributed by atoms with Crippen molar-refractivity contribution in [3.63, 3.8) is 0 Å². The van der Waals surface area contributed by atoms with Crippen molar-refractivity contribution >= 4 is 0 Å². The van der Waals surface area contributed by atoms with E-state index in [9.17, 15) is 0 Å². The van der Waals surface area contributed by atoms with Crippen LogP contribution in [0.5, 0.6) is 0 Å². The molecule has 0 aliphatic carbocycles. The predicted octanol–water partition coefficient (Wildman–Crippen LogP) is 4.82. The molecule has 0 N–H and O–H groups in total. The number of rotatable bonds is 4. The topological polar surface area (TPSA) is 18.5 Å². The second kappa shape index (κ2) is 5.57. The van der Waals surface area contributed by atoms with Gasteiger partial charge in [0.2, 0.25) is 0 Å². The summed E-state index contributed by atoms with van der Waals surface area (Å²) in [6.07, 6.45) is 2.05. The molecule has 0 amide bonds. The van der Waals surface area contributed by atoms with E-state index in [0.29, 0.717) is 0 Å². The van der Waals surface area contributed by atoms with Crippen LogP contribution in [0.4, 0.5) is 0 Å². The lowest BCUT2D eigenvalue weighted by Crippen LogP contribution is -2.21. The highest BCUT2D eigenvalue weighted by molar-refractivity contribution is 5.20. The summed E-state index contributed by atoms with van der Waals surface area (Å²) in [5.74, 6) is 0.784. The van der Waals surface area contributed by atoms with E-state index in [1.807, 2.05) is 57.2 Å². The van der Waals surface area contributed by atoms with Gasteiger partial charge in [-0.1, -0.05) is 51.1 Å². The number of hydrogen-bond donors (Lipinski definition) is 0. The van der Waals surface area contributed by atoms with Crippen molar-refractivity contribution in [2.24, 2.45) is 5.41 Å². The van der Waals surface area contributed by atoms with E-state index in [1.165, 1.54) is 0 Å². The number of benzene rings is 1. The molecule has 0 saturated heterocycles. The fraction of sp³-hybridized carbons (Fsp3) is 0.500. The largest absolute Gasteiger partial charge is 0.342 e. The lowest BCUT2D eigenvalue weighted by atomic mass is 9.96. The number of hydrogen-bond acceptors (Lipinski definition) is 2. The van der Waals surface area contributed by atoms with E-state index in [0.717, 1.165) is 11.3 Å². The van der Waals surface area contributed by atoms with Gasteiger partial charge >= 0.3 is 0 Å². The van der Waals surface area contributed by atoms with E-state index in [4.69, 9.17) is 9.78 Å². The minimum Gasteiger partial charge on any atom is -0.342 e. The van der Waals surface area contributed by atoms with Gasteiger partial charge in [-0.2, -0.15) is 4.89 Å². The summed E-state index contributed by atoms with van der Waals surface area (Å²) >= 11 is 0. The standard InChI is InChI=1S/C16H24O2/c1-13(12-15(2,3)4)17-18-16(5,6)14-10-8-7-9-11-14/h7-12H,1-6H3. The van der Waals surface area contributed by atoms with Crippen LogP contribution in [0.1, 0.15) is 47.1 Å². The van der Waals surface area contributed by atoms with Gasteiger partial charge in [-0.05, 0) is 37.8 Å². The van der Waals surface area contributed by atoms with Crippen LogP contribution >= 0.6 is 0 Å². The molecule has 0 radical (unpaired) electrons. The van der Waals surface area contributed by atoms with Gasteiger partial charge in [0.1, 0.15) is 11.4 Å². The Morgan fingerprint density at radius 2 is 1.56 bits per heavy atom. The zero-order chi connectivity index (χ0) is 13.8. The van der Waals surface area contributed by atoms with Crippen LogP contribution in [0.2, 0.25) is 0 Å². The van der Waals surface area contributed by atoms with Gasteiger partial charge < -0.3 is 4.89 Å². The van der Waals surface area contributed by atoms with Crippen molar-refractivity contribution in [3.05, 3.63) is 47.7 Å². The van der Waals surface area contributed by atoms with E-state index in [2.05, 4.69) is 20.8 Å². The maximum atomic E-state index is 5.55. The molecule has 0 unspecified atom stereocenters. The molecule has 0 aliphatic rings. The molecule has 2 heteroatoms. The van der Waals surface area contributed by atoms with Crippen molar-refractivity contribution in [2.45, 2.75) is 47.1 Å². The molecule has 0 aromatic heterocycles. The third-order valence-corrected chi connectivity index (χ3v) is 2.49. The summed E-state index contributed by atoms with van der Waals surface area (Å²) in [7, 11) is 0. The van der Waals surface area contributed by atoms with E-state index in [1.54, 1.807) is 0 Å². The molecule has 0 aliphatic heterocycles. The Kier molecular flexibility index (Phi) is 4.58. The van der Waals surface area contributed by atoms with Crippen LogP contribution in [-0.4, -0.2) is 0 Å². The minimum absolute atomic E-state index is 0.0876. The zero-order valence-corrected chi connectivity index (χ0v) is 12.3. The lowest BCUT2D eigenvalue weighted by molar-refractivity contribution is -0.331. The molecule has 1 rings (SSSR count). The highest BCUT2D eigenvalue weighted by Gasteiger charge is 2.23. The van der Waals surface area contributed by atoms with Gasteiger partial charge in [-0.3, -0.25) is 0 Å². The molecular formula is C16H24O2. The molecule has 2 nitrogen and oxygen atoms in total. The third kappa shape index (κ3) is 4.92. The average molecular weight is 248 g/mol. The maximum Gasteiger partial charge on any atom is 0.136 e. The molecule has 0 atom stereocenters. The molecule has 1 aromatic carbocycles. The number of allylic oxidation sites excluding steroid dienone is 2. The highest BCUT2D eigenvalue weighted by atomic mass is 17.2. The lowest BCUT2D eigenvalue weighted by Gasteiger charge is -2.24. The Morgan fingerprint density at radius 1 is 1.00 bits per heavy atom. The van der Waals surface area contributed by atoms with Crippen LogP contribution in [0.15, 0.2) is 42.2 Å². The summed E-state index contributed by atoms with van der Waals surface area (Å²) in [6, 6.07) is 10.1. The van der Waals surface area contributed by atoms with E-state index < -0.39 is 5.60 Å². The smallest absolute Gasteiger partial charge is 0.136 e. The quantitative estimate of drug-likeness (QED) is 0.432. The maximum absolute atomic E-state index is 5.55. The summed E-state index contributed by atoms with van der Waals surface area (Å²) in [5, 5.41) is 0. The first-order valence-corrected chi connectivity index (χ1v) is 6.31. The van der Waals surface area contributed by atoms with E-state index in [-0.39, 0.29) is 5.41 Å². The molecule has 0 fully saturated rings. The molecule has 0 saturated carbocycles. The van der Waals surface area contributed by atoms with Crippen LogP contribution < -0.4 is 0 Å². The zero-order valence-electron chi connectivity index (χ0n) is 12.3. The average Bonchev–Trinajstić information content (AvgIpc) is 2.26. The summed E-state index contributed by atoms with van der Waals surface area (Å²) < 4.78 is 0. The monoisotopic (exact) mass is 248 g/mol. The fourth-order valence-corrected chi connectivity index (χ4v) is 1.69. The van der Waals surface area contributed by atoms with Crippen molar-refractivity contribution < 1.29 is 9.78 Å².